The van der Waals surface area contributed by atoms with Crippen LogP contribution in [-0.2, 0) is 13.0 Å². The molecular weight excluding hydrogens is 354 g/mol. The van der Waals surface area contributed by atoms with Crippen LogP contribution in [0, 0.1) is 0 Å². The fraction of sp³-hybridized carbons (Fsp3) is 0.167. The van der Waals surface area contributed by atoms with Gasteiger partial charge in [-0.25, -0.2) is 4.68 Å². The normalized spacial score (nSPS) is 10.7. The minimum atomic E-state index is -0.730. The Kier molecular flexibility index (Phi) is 5.09. The number of amides is 1. The fourth-order valence-electron chi connectivity index (χ4n) is 2.55. The van der Waals surface area contributed by atoms with E-state index in [1.807, 2.05) is 18.2 Å². The lowest BCUT2D eigenvalue weighted by Gasteiger charge is -2.08. The second-order valence-corrected chi connectivity index (χ2v) is 6.08. The van der Waals surface area contributed by atoms with Crippen LogP contribution in [0.5, 0.6) is 0 Å². The van der Waals surface area contributed by atoms with Gasteiger partial charge in [0.25, 0.3) is 11.5 Å². The van der Waals surface area contributed by atoms with Gasteiger partial charge in [0.2, 0.25) is 0 Å². The van der Waals surface area contributed by atoms with Crippen molar-refractivity contribution in [3.8, 4) is 11.3 Å². The van der Waals surface area contributed by atoms with Crippen molar-refractivity contribution in [2.24, 2.45) is 5.73 Å². The number of primary amides is 1. The average molecular weight is 370 g/mol. The molecule has 0 aliphatic heterocycles. The lowest BCUT2D eigenvalue weighted by molar-refractivity contribution is 0.0994. The molecule has 0 spiro atoms. The van der Waals surface area contributed by atoms with Crippen LogP contribution in [0.2, 0.25) is 5.02 Å². The van der Waals surface area contributed by atoms with Gasteiger partial charge in [0, 0.05) is 29.6 Å². The van der Waals surface area contributed by atoms with Crippen molar-refractivity contribution in [3.05, 3.63) is 74.8 Å². The van der Waals surface area contributed by atoms with Crippen LogP contribution in [0.4, 0.5) is 0 Å². The minimum absolute atomic E-state index is 0.0108. The Bertz CT molecular complexity index is 1010. The first kappa shape index (κ1) is 17.8. The fourth-order valence-corrected chi connectivity index (χ4v) is 2.76. The van der Waals surface area contributed by atoms with Crippen molar-refractivity contribution < 1.29 is 4.79 Å². The van der Waals surface area contributed by atoms with Gasteiger partial charge in [-0.3, -0.25) is 9.59 Å². The number of aromatic nitrogens is 4. The van der Waals surface area contributed by atoms with E-state index in [2.05, 4.69) is 15.3 Å². The molecule has 0 atom stereocenters. The second-order valence-electron chi connectivity index (χ2n) is 5.64. The predicted octanol–water partition coefficient (Wildman–Crippen LogP) is 2.06. The van der Waals surface area contributed by atoms with Gasteiger partial charge in [-0.15, -0.1) is 0 Å². The highest BCUT2D eigenvalue weighted by Crippen LogP contribution is 2.19. The molecule has 0 saturated carbocycles. The molecule has 7 nitrogen and oxygen atoms in total. The number of carbonyl (C=O) groups is 1. The highest BCUT2D eigenvalue weighted by atomic mass is 35.5. The van der Waals surface area contributed by atoms with Crippen LogP contribution in [0.25, 0.3) is 11.3 Å². The molecule has 0 unspecified atom stereocenters. The Morgan fingerprint density at radius 3 is 2.62 bits per heavy atom. The molecule has 0 radical (unpaired) electrons. The second kappa shape index (κ2) is 7.45. The van der Waals surface area contributed by atoms with Crippen molar-refractivity contribution >= 4 is 17.5 Å². The Morgan fingerprint density at radius 1 is 1.19 bits per heavy atom. The lowest BCUT2D eigenvalue weighted by atomic mass is 10.1. The molecule has 2 N–H and O–H groups in total. The number of nitrogens with zero attached hydrogens (tertiary/aromatic N) is 4. The zero-order valence-corrected chi connectivity index (χ0v) is 14.8. The van der Waals surface area contributed by atoms with Crippen LogP contribution in [-0.4, -0.2) is 25.9 Å². The first-order valence-electron chi connectivity index (χ1n) is 7.97. The number of benzene rings is 1. The number of hydrogen-bond donors (Lipinski definition) is 1. The zero-order valence-electron chi connectivity index (χ0n) is 14.0. The van der Waals surface area contributed by atoms with Crippen LogP contribution in [0.1, 0.15) is 28.7 Å². The average Bonchev–Trinajstić information content (AvgIpc) is 2.62. The van der Waals surface area contributed by atoms with Gasteiger partial charge in [0.1, 0.15) is 0 Å². The maximum atomic E-state index is 12.0. The topological polar surface area (TPSA) is 104 Å². The van der Waals surface area contributed by atoms with E-state index in [9.17, 15) is 9.59 Å². The maximum Gasteiger partial charge on any atom is 0.269 e. The van der Waals surface area contributed by atoms with Gasteiger partial charge in [-0.2, -0.15) is 15.3 Å². The highest BCUT2D eigenvalue weighted by Gasteiger charge is 2.16. The summed E-state index contributed by atoms with van der Waals surface area (Å²) in [4.78, 5) is 23.7. The largest absolute Gasteiger partial charge is 0.364 e. The number of carbonyl (C=O) groups excluding carboxylic acids is 1. The maximum absolute atomic E-state index is 12.0. The quantitative estimate of drug-likeness (QED) is 0.741. The van der Waals surface area contributed by atoms with Gasteiger partial charge in [-0.05, 0) is 36.8 Å². The molecule has 1 aromatic carbocycles. The van der Waals surface area contributed by atoms with E-state index in [0.717, 1.165) is 11.3 Å². The molecule has 0 aliphatic carbocycles. The minimum Gasteiger partial charge on any atom is -0.364 e. The van der Waals surface area contributed by atoms with E-state index >= 15 is 0 Å². The number of aryl methyl sites for hydroxylation is 1. The first-order valence-corrected chi connectivity index (χ1v) is 8.35. The molecular formula is C18H16ClN5O2. The molecule has 3 rings (SSSR count). The molecule has 3 aromatic rings. The third-order valence-electron chi connectivity index (χ3n) is 3.80. The first-order chi connectivity index (χ1) is 12.5. The Labute approximate surface area is 154 Å². The van der Waals surface area contributed by atoms with E-state index < -0.39 is 5.91 Å². The van der Waals surface area contributed by atoms with E-state index in [1.54, 1.807) is 25.1 Å². The van der Waals surface area contributed by atoms with Crippen molar-refractivity contribution in [2.45, 2.75) is 19.9 Å². The molecule has 2 heterocycles. The van der Waals surface area contributed by atoms with E-state index in [-0.39, 0.29) is 16.8 Å². The molecule has 0 bridgehead atoms. The third kappa shape index (κ3) is 3.78. The van der Waals surface area contributed by atoms with Crippen molar-refractivity contribution in [3.63, 3.8) is 0 Å². The standard InChI is InChI=1S/C18H16ClN5O2/c1-2-24-16(25)10-14(17(23-24)18(20)26)15-7-6-13(21-22-15)9-11-4-3-5-12(19)8-11/h3-8,10H,2,9H2,1H3,(H2,20,26). The lowest BCUT2D eigenvalue weighted by Crippen LogP contribution is -2.27. The molecule has 0 aliphatic rings. The van der Waals surface area contributed by atoms with Gasteiger partial charge >= 0.3 is 0 Å². The van der Waals surface area contributed by atoms with Gasteiger partial charge in [0.05, 0.1) is 11.4 Å². The van der Waals surface area contributed by atoms with Crippen molar-refractivity contribution in [1.82, 2.24) is 20.0 Å². The summed E-state index contributed by atoms with van der Waals surface area (Å²) in [5.74, 6) is -0.730. The summed E-state index contributed by atoms with van der Waals surface area (Å²) in [5.41, 5.74) is 7.41. The Balaban J connectivity index is 1.95. The summed E-state index contributed by atoms with van der Waals surface area (Å²) in [5, 5.41) is 13.0. The van der Waals surface area contributed by atoms with E-state index in [1.165, 1.54) is 10.7 Å². The third-order valence-corrected chi connectivity index (χ3v) is 4.04. The smallest absolute Gasteiger partial charge is 0.269 e. The van der Waals surface area contributed by atoms with E-state index in [0.29, 0.717) is 23.7 Å². The number of hydrogen-bond acceptors (Lipinski definition) is 5. The molecule has 1 amide bonds. The van der Waals surface area contributed by atoms with Crippen LogP contribution >= 0.6 is 11.6 Å². The summed E-state index contributed by atoms with van der Waals surface area (Å²) in [7, 11) is 0. The molecule has 0 fully saturated rings. The SMILES string of the molecule is CCn1nc(C(N)=O)c(-c2ccc(Cc3cccc(Cl)c3)nn2)cc1=O. The van der Waals surface area contributed by atoms with E-state index in [4.69, 9.17) is 17.3 Å². The Hall–Kier alpha value is -3.06. The molecule has 132 valence electrons. The Morgan fingerprint density at radius 2 is 2.00 bits per heavy atom. The van der Waals surface area contributed by atoms with Gasteiger partial charge < -0.3 is 5.73 Å². The summed E-state index contributed by atoms with van der Waals surface area (Å²) in [6, 6.07) is 12.2. The van der Waals surface area contributed by atoms with Gasteiger partial charge in [0.15, 0.2) is 5.69 Å². The van der Waals surface area contributed by atoms with Gasteiger partial charge in [-0.1, -0.05) is 23.7 Å². The number of halogens is 1. The van der Waals surface area contributed by atoms with Crippen LogP contribution < -0.4 is 11.3 Å². The van der Waals surface area contributed by atoms with Crippen molar-refractivity contribution in [2.75, 3.05) is 0 Å². The number of rotatable bonds is 5. The predicted molar refractivity (Wildman–Crippen MR) is 98.0 cm³/mol. The molecule has 2 aromatic heterocycles. The zero-order chi connectivity index (χ0) is 18.7. The van der Waals surface area contributed by atoms with Crippen LogP contribution in [0.15, 0.2) is 47.3 Å². The summed E-state index contributed by atoms with van der Waals surface area (Å²) < 4.78 is 1.17. The molecule has 26 heavy (non-hydrogen) atoms. The van der Waals surface area contributed by atoms with Crippen molar-refractivity contribution in [1.29, 1.82) is 0 Å². The summed E-state index contributed by atoms with van der Waals surface area (Å²) in [6.45, 7) is 2.09. The number of nitrogens with two attached hydrogens (primary N) is 1. The van der Waals surface area contributed by atoms with Crippen LogP contribution in [0.3, 0.4) is 0 Å². The monoisotopic (exact) mass is 369 g/mol. The molecule has 8 heteroatoms. The summed E-state index contributed by atoms with van der Waals surface area (Å²) >= 11 is 5.98. The molecule has 0 saturated heterocycles. The summed E-state index contributed by atoms with van der Waals surface area (Å²) in [6.07, 6.45) is 0.562. The highest BCUT2D eigenvalue weighted by molar-refractivity contribution is 6.30.